The number of ether oxygens (including phenoxy) is 1. The van der Waals surface area contributed by atoms with Gasteiger partial charge in [0, 0.05) is 58.1 Å². The molecule has 122 valence electrons. The molecule has 2 rings (SSSR count). The Bertz CT molecular complexity index is 477. The van der Waals surface area contributed by atoms with Crippen molar-refractivity contribution in [3.8, 4) is 0 Å². The second kappa shape index (κ2) is 8.38. The van der Waals surface area contributed by atoms with E-state index in [-0.39, 0.29) is 18.5 Å². The highest BCUT2D eigenvalue weighted by Gasteiger charge is 2.21. The summed E-state index contributed by atoms with van der Waals surface area (Å²) < 4.78 is 4.87. The van der Waals surface area contributed by atoms with Crippen LogP contribution in [0.15, 0.2) is 12.5 Å². The molecule has 0 bridgehead atoms. The maximum atomic E-state index is 12.1. The van der Waals surface area contributed by atoms with Crippen molar-refractivity contribution in [2.45, 2.75) is 12.8 Å². The minimum absolute atomic E-state index is 0.0241. The SMILES string of the molecule is COCC(=O)N1CCCN(C(=O)NCCc2cnc[nH]2)CC1. The van der Waals surface area contributed by atoms with Gasteiger partial charge < -0.3 is 24.8 Å². The van der Waals surface area contributed by atoms with Crippen molar-refractivity contribution >= 4 is 11.9 Å². The molecule has 1 aromatic rings. The number of carbonyl (C=O) groups is 2. The van der Waals surface area contributed by atoms with Gasteiger partial charge in [-0.25, -0.2) is 9.78 Å². The Morgan fingerprint density at radius 3 is 2.82 bits per heavy atom. The number of rotatable bonds is 5. The van der Waals surface area contributed by atoms with E-state index in [1.165, 1.54) is 7.11 Å². The van der Waals surface area contributed by atoms with Crippen LogP contribution in [0.2, 0.25) is 0 Å². The predicted octanol–water partition coefficient (Wildman–Crippen LogP) is -0.157. The fourth-order valence-corrected chi connectivity index (χ4v) is 2.42. The summed E-state index contributed by atoms with van der Waals surface area (Å²) in [6.07, 6.45) is 4.87. The molecule has 3 amide bonds. The third kappa shape index (κ3) is 4.73. The van der Waals surface area contributed by atoms with E-state index < -0.39 is 0 Å². The number of hydrogen-bond acceptors (Lipinski definition) is 4. The number of urea groups is 1. The quantitative estimate of drug-likeness (QED) is 0.791. The summed E-state index contributed by atoms with van der Waals surface area (Å²) in [5.74, 6) is -0.0241. The van der Waals surface area contributed by atoms with E-state index in [4.69, 9.17) is 4.74 Å². The summed E-state index contributed by atoms with van der Waals surface area (Å²) >= 11 is 0. The van der Waals surface area contributed by atoms with Crippen molar-refractivity contribution in [1.82, 2.24) is 25.1 Å². The van der Waals surface area contributed by atoms with Crippen LogP contribution in [0.5, 0.6) is 0 Å². The van der Waals surface area contributed by atoms with Crippen molar-refractivity contribution in [3.05, 3.63) is 18.2 Å². The van der Waals surface area contributed by atoms with Gasteiger partial charge in [0.1, 0.15) is 6.61 Å². The first kappa shape index (κ1) is 16.3. The number of aromatic amines is 1. The monoisotopic (exact) mass is 309 g/mol. The van der Waals surface area contributed by atoms with Gasteiger partial charge in [-0.1, -0.05) is 0 Å². The van der Waals surface area contributed by atoms with Gasteiger partial charge in [-0.05, 0) is 6.42 Å². The van der Waals surface area contributed by atoms with Crippen LogP contribution in [0.25, 0.3) is 0 Å². The lowest BCUT2D eigenvalue weighted by molar-refractivity contribution is -0.135. The molecule has 22 heavy (non-hydrogen) atoms. The first-order valence-corrected chi connectivity index (χ1v) is 7.47. The predicted molar refractivity (Wildman–Crippen MR) is 80.3 cm³/mol. The van der Waals surface area contributed by atoms with Crippen LogP contribution in [-0.2, 0) is 16.0 Å². The fraction of sp³-hybridized carbons (Fsp3) is 0.643. The molecule has 0 saturated carbocycles. The van der Waals surface area contributed by atoms with Gasteiger partial charge in [0.15, 0.2) is 0 Å². The summed E-state index contributed by atoms with van der Waals surface area (Å²) in [7, 11) is 1.51. The number of amides is 3. The van der Waals surface area contributed by atoms with E-state index in [1.807, 2.05) is 0 Å². The highest BCUT2D eigenvalue weighted by molar-refractivity contribution is 5.78. The second-order valence-electron chi connectivity index (χ2n) is 5.21. The zero-order valence-electron chi connectivity index (χ0n) is 12.9. The number of imidazole rings is 1. The molecule has 0 aliphatic carbocycles. The van der Waals surface area contributed by atoms with Crippen molar-refractivity contribution < 1.29 is 14.3 Å². The van der Waals surface area contributed by atoms with Crippen LogP contribution in [0.4, 0.5) is 4.79 Å². The number of nitrogens with one attached hydrogen (secondary N) is 2. The van der Waals surface area contributed by atoms with Crippen LogP contribution < -0.4 is 5.32 Å². The zero-order valence-corrected chi connectivity index (χ0v) is 12.9. The Balaban J connectivity index is 1.73. The van der Waals surface area contributed by atoms with Crippen LogP contribution in [-0.4, -0.2) is 78.1 Å². The van der Waals surface area contributed by atoms with E-state index in [0.29, 0.717) is 32.7 Å². The molecule has 0 atom stereocenters. The molecule has 2 N–H and O–H groups in total. The summed E-state index contributed by atoms with van der Waals surface area (Å²) in [4.78, 5) is 34.4. The van der Waals surface area contributed by atoms with Gasteiger partial charge in [-0.15, -0.1) is 0 Å². The molecule has 1 saturated heterocycles. The van der Waals surface area contributed by atoms with Crippen LogP contribution in [0.3, 0.4) is 0 Å². The first-order valence-electron chi connectivity index (χ1n) is 7.47. The minimum atomic E-state index is -0.0828. The maximum absolute atomic E-state index is 12.1. The molecule has 8 nitrogen and oxygen atoms in total. The molecule has 1 aliphatic rings. The average molecular weight is 309 g/mol. The van der Waals surface area contributed by atoms with Crippen molar-refractivity contribution in [1.29, 1.82) is 0 Å². The third-order valence-corrected chi connectivity index (χ3v) is 3.63. The fourth-order valence-electron chi connectivity index (χ4n) is 2.42. The lowest BCUT2D eigenvalue weighted by atomic mass is 10.3. The minimum Gasteiger partial charge on any atom is -0.375 e. The number of carbonyl (C=O) groups excluding carboxylic acids is 2. The summed E-state index contributed by atoms with van der Waals surface area (Å²) in [6, 6.07) is -0.0828. The largest absolute Gasteiger partial charge is 0.375 e. The van der Waals surface area contributed by atoms with Crippen LogP contribution >= 0.6 is 0 Å². The molecule has 0 aromatic carbocycles. The highest BCUT2D eigenvalue weighted by atomic mass is 16.5. The van der Waals surface area contributed by atoms with Crippen molar-refractivity contribution in [2.75, 3.05) is 46.4 Å². The van der Waals surface area contributed by atoms with Gasteiger partial charge in [-0.2, -0.15) is 0 Å². The summed E-state index contributed by atoms with van der Waals surface area (Å²) in [5, 5.41) is 2.90. The van der Waals surface area contributed by atoms with E-state index >= 15 is 0 Å². The number of H-pyrrole nitrogens is 1. The number of nitrogens with zero attached hydrogens (tertiary/aromatic N) is 3. The third-order valence-electron chi connectivity index (χ3n) is 3.63. The van der Waals surface area contributed by atoms with Crippen LogP contribution in [0, 0.1) is 0 Å². The van der Waals surface area contributed by atoms with E-state index in [1.54, 1.807) is 22.3 Å². The number of aromatic nitrogens is 2. The van der Waals surface area contributed by atoms with E-state index in [0.717, 1.165) is 18.5 Å². The van der Waals surface area contributed by atoms with Crippen molar-refractivity contribution in [2.24, 2.45) is 0 Å². The number of hydrogen-bond donors (Lipinski definition) is 2. The molecule has 2 heterocycles. The molecule has 1 aromatic heterocycles. The average Bonchev–Trinajstić information content (AvgIpc) is 2.89. The Morgan fingerprint density at radius 1 is 1.32 bits per heavy atom. The van der Waals surface area contributed by atoms with Gasteiger partial charge >= 0.3 is 6.03 Å². The van der Waals surface area contributed by atoms with E-state index in [2.05, 4.69) is 15.3 Å². The molecular formula is C14H23N5O3. The lowest BCUT2D eigenvalue weighted by Gasteiger charge is -2.22. The molecule has 0 radical (unpaired) electrons. The topological polar surface area (TPSA) is 90.6 Å². The van der Waals surface area contributed by atoms with Crippen molar-refractivity contribution in [3.63, 3.8) is 0 Å². The highest BCUT2D eigenvalue weighted by Crippen LogP contribution is 2.04. The number of methoxy groups -OCH3 is 1. The van der Waals surface area contributed by atoms with Gasteiger partial charge in [0.05, 0.1) is 6.33 Å². The molecule has 1 fully saturated rings. The lowest BCUT2D eigenvalue weighted by Crippen LogP contribution is -2.43. The van der Waals surface area contributed by atoms with E-state index in [9.17, 15) is 9.59 Å². The molecule has 0 spiro atoms. The summed E-state index contributed by atoms with van der Waals surface area (Å²) in [5.41, 5.74) is 0.993. The molecular weight excluding hydrogens is 286 g/mol. The van der Waals surface area contributed by atoms with Crippen LogP contribution in [0.1, 0.15) is 12.1 Å². The van der Waals surface area contributed by atoms with Gasteiger partial charge in [0.25, 0.3) is 0 Å². The molecule has 1 aliphatic heterocycles. The summed E-state index contributed by atoms with van der Waals surface area (Å²) in [6.45, 7) is 3.08. The molecule has 0 unspecified atom stereocenters. The Kier molecular flexibility index (Phi) is 6.20. The second-order valence-corrected chi connectivity index (χ2v) is 5.21. The Labute approximate surface area is 129 Å². The van der Waals surface area contributed by atoms with Gasteiger partial charge in [0.2, 0.25) is 5.91 Å². The first-order chi connectivity index (χ1) is 10.7. The standard InChI is InChI=1S/C14H23N5O3/c1-22-10-13(20)18-5-2-6-19(8-7-18)14(21)16-4-3-12-9-15-11-17-12/h9,11H,2-8,10H2,1H3,(H,15,17)(H,16,21). The Morgan fingerprint density at radius 2 is 2.09 bits per heavy atom. The molecule has 8 heteroatoms. The Hall–Kier alpha value is -2.09. The smallest absolute Gasteiger partial charge is 0.317 e. The van der Waals surface area contributed by atoms with Gasteiger partial charge in [-0.3, -0.25) is 4.79 Å². The zero-order chi connectivity index (χ0) is 15.8. The normalized spacial score (nSPS) is 15.5. The maximum Gasteiger partial charge on any atom is 0.317 e.